The zero-order valence-corrected chi connectivity index (χ0v) is 13.8. The predicted octanol–water partition coefficient (Wildman–Crippen LogP) is 2.62. The number of carboxylic acid groups (broad SMARTS) is 1. The number of H-pyrrole nitrogens is 1. The maximum atomic E-state index is 12.3. The van der Waals surface area contributed by atoms with Gasteiger partial charge in [-0.15, -0.1) is 0 Å². The zero-order chi connectivity index (χ0) is 18.5. The molecule has 7 heteroatoms. The molecule has 0 unspecified atom stereocenters. The number of hydrogen-bond donors (Lipinski definition) is 4. The van der Waals surface area contributed by atoms with E-state index in [1.54, 1.807) is 36.4 Å². The van der Waals surface area contributed by atoms with Gasteiger partial charge >= 0.3 is 5.97 Å². The number of carbonyl (C=O) groups is 3. The van der Waals surface area contributed by atoms with E-state index in [0.717, 1.165) is 10.9 Å². The highest BCUT2D eigenvalue weighted by Gasteiger charge is 2.09. The third kappa shape index (κ3) is 4.07. The summed E-state index contributed by atoms with van der Waals surface area (Å²) in [6, 6.07) is 13.7. The van der Waals surface area contributed by atoms with Crippen molar-refractivity contribution < 1.29 is 19.5 Å². The molecule has 2 aromatic carbocycles. The summed E-state index contributed by atoms with van der Waals surface area (Å²) in [6.07, 6.45) is 1.68. The molecule has 3 aromatic rings. The van der Waals surface area contributed by atoms with Gasteiger partial charge in [0.15, 0.2) is 0 Å². The minimum Gasteiger partial charge on any atom is -0.481 e. The van der Waals surface area contributed by atoms with Gasteiger partial charge in [0.25, 0.3) is 11.8 Å². The average Bonchev–Trinajstić information content (AvgIpc) is 3.09. The summed E-state index contributed by atoms with van der Waals surface area (Å²) in [5.74, 6) is -1.58. The van der Waals surface area contributed by atoms with E-state index >= 15 is 0 Å². The minimum absolute atomic E-state index is 0.0634. The number of hydrogen-bond acceptors (Lipinski definition) is 3. The fraction of sp³-hybridized carbons (Fsp3) is 0.105. The molecule has 7 nitrogen and oxygen atoms in total. The van der Waals surface area contributed by atoms with Gasteiger partial charge in [0, 0.05) is 35.1 Å². The van der Waals surface area contributed by atoms with Crippen molar-refractivity contribution in [2.24, 2.45) is 0 Å². The quantitative estimate of drug-likeness (QED) is 0.547. The van der Waals surface area contributed by atoms with E-state index in [1.807, 2.05) is 18.3 Å². The van der Waals surface area contributed by atoms with Gasteiger partial charge in [-0.3, -0.25) is 14.4 Å². The molecule has 4 N–H and O–H groups in total. The Bertz CT molecular complexity index is 960. The minimum atomic E-state index is -0.971. The smallest absolute Gasteiger partial charge is 0.305 e. The van der Waals surface area contributed by atoms with Crippen molar-refractivity contribution in [1.82, 2.24) is 10.3 Å². The summed E-state index contributed by atoms with van der Waals surface area (Å²) in [5, 5.41) is 14.9. The van der Waals surface area contributed by atoms with E-state index < -0.39 is 5.97 Å². The lowest BCUT2D eigenvalue weighted by atomic mass is 10.1. The topological polar surface area (TPSA) is 111 Å². The molecule has 2 amide bonds. The summed E-state index contributed by atoms with van der Waals surface area (Å²) in [6.45, 7) is 0.0634. The highest BCUT2D eigenvalue weighted by Crippen LogP contribution is 2.16. The second-order valence-electron chi connectivity index (χ2n) is 5.71. The van der Waals surface area contributed by atoms with Gasteiger partial charge in [-0.2, -0.15) is 0 Å². The van der Waals surface area contributed by atoms with E-state index in [0.29, 0.717) is 16.8 Å². The Labute approximate surface area is 149 Å². The molecule has 0 saturated carbocycles. The van der Waals surface area contributed by atoms with Crippen molar-refractivity contribution in [3.8, 4) is 0 Å². The largest absolute Gasteiger partial charge is 0.481 e. The number of nitrogens with one attached hydrogen (secondary N) is 3. The average molecular weight is 351 g/mol. The molecule has 26 heavy (non-hydrogen) atoms. The molecule has 1 heterocycles. The van der Waals surface area contributed by atoms with E-state index in [4.69, 9.17) is 5.11 Å². The Balaban J connectivity index is 1.62. The molecular weight excluding hydrogens is 334 g/mol. The normalized spacial score (nSPS) is 10.5. The predicted molar refractivity (Wildman–Crippen MR) is 97.3 cm³/mol. The van der Waals surface area contributed by atoms with Crippen molar-refractivity contribution in [2.75, 3.05) is 11.9 Å². The van der Waals surface area contributed by atoms with Crippen LogP contribution in [0.1, 0.15) is 27.1 Å². The van der Waals surface area contributed by atoms with Crippen LogP contribution in [0.5, 0.6) is 0 Å². The first kappa shape index (κ1) is 17.2. The first-order valence-corrected chi connectivity index (χ1v) is 8.01. The number of fused-ring (bicyclic) bond motifs is 1. The number of benzene rings is 2. The molecule has 0 spiro atoms. The fourth-order valence-corrected chi connectivity index (χ4v) is 2.48. The van der Waals surface area contributed by atoms with Gasteiger partial charge in [-0.25, -0.2) is 0 Å². The molecule has 0 atom stereocenters. The van der Waals surface area contributed by atoms with Gasteiger partial charge < -0.3 is 20.7 Å². The van der Waals surface area contributed by atoms with Crippen molar-refractivity contribution in [3.05, 3.63) is 65.9 Å². The van der Waals surface area contributed by atoms with Crippen molar-refractivity contribution >= 4 is 34.4 Å². The van der Waals surface area contributed by atoms with Crippen molar-refractivity contribution in [1.29, 1.82) is 0 Å². The Hall–Kier alpha value is -3.61. The van der Waals surface area contributed by atoms with Crippen LogP contribution in [-0.2, 0) is 4.79 Å². The second kappa shape index (κ2) is 7.52. The van der Waals surface area contributed by atoms with Crippen LogP contribution < -0.4 is 10.6 Å². The van der Waals surface area contributed by atoms with Crippen LogP contribution in [0.4, 0.5) is 5.69 Å². The molecule has 0 aliphatic rings. The molecule has 0 aliphatic carbocycles. The van der Waals surface area contributed by atoms with Gasteiger partial charge in [0.05, 0.1) is 6.42 Å². The molecule has 132 valence electrons. The molecule has 1 aromatic heterocycles. The maximum Gasteiger partial charge on any atom is 0.305 e. The van der Waals surface area contributed by atoms with Crippen LogP contribution in [0.2, 0.25) is 0 Å². The lowest BCUT2D eigenvalue weighted by Gasteiger charge is -2.07. The maximum absolute atomic E-state index is 12.3. The summed E-state index contributed by atoms with van der Waals surface area (Å²) < 4.78 is 0. The number of carbonyl (C=O) groups excluding carboxylic acids is 2. The first-order chi connectivity index (χ1) is 12.5. The van der Waals surface area contributed by atoms with Crippen LogP contribution in [0.15, 0.2) is 54.7 Å². The van der Waals surface area contributed by atoms with Crippen LogP contribution >= 0.6 is 0 Å². The number of rotatable bonds is 6. The number of anilines is 1. The van der Waals surface area contributed by atoms with E-state index in [2.05, 4.69) is 15.6 Å². The third-order valence-corrected chi connectivity index (χ3v) is 3.85. The highest BCUT2D eigenvalue weighted by molar-refractivity contribution is 6.06. The first-order valence-electron chi connectivity index (χ1n) is 8.01. The third-order valence-electron chi connectivity index (χ3n) is 3.85. The summed E-state index contributed by atoms with van der Waals surface area (Å²) >= 11 is 0. The molecule has 0 bridgehead atoms. The number of aliphatic carboxylic acids is 1. The monoisotopic (exact) mass is 351 g/mol. The van der Waals surface area contributed by atoms with Crippen molar-refractivity contribution in [3.63, 3.8) is 0 Å². The Morgan fingerprint density at radius 1 is 0.923 bits per heavy atom. The fourth-order valence-electron chi connectivity index (χ4n) is 2.48. The molecule has 0 aliphatic heterocycles. The summed E-state index contributed by atoms with van der Waals surface area (Å²) in [5.41, 5.74) is 2.35. The Morgan fingerprint density at radius 2 is 1.65 bits per heavy atom. The Morgan fingerprint density at radius 3 is 2.38 bits per heavy atom. The van der Waals surface area contributed by atoms with Gasteiger partial charge in [0.2, 0.25) is 0 Å². The van der Waals surface area contributed by atoms with Crippen LogP contribution in [0.3, 0.4) is 0 Å². The van der Waals surface area contributed by atoms with Gasteiger partial charge in [-0.1, -0.05) is 6.07 Å². The van der Waals surface area contributed by atoms with E-state index in [1.165, 1.54) is 0 Å². The zero-order valence-electron chi connectivity index (χ0n) is 13.8. The lowest BCUT2D eigenvalue weighted by Crippen LogP contribution is -2.25. The SMILES string of the molecule is O=C(O)CCNC(=O)c1ccc(NC(=O)c2ccc3cc[nH]c3c2)cc1. The lowest BCUT2D eigenvalue weighted by molar-refractivity contribution is -0.136. The molecule has 0 saturated heterocycles. The number of aromatic nitrogens is 1. The number of aromatic amines is 1. The van der Waals surface area contributed by atoms with E-state index in [-0.39, 0.29) is 24.8 Å². The Kier molecular flexibility index (Phi) is 4.98. The number of amides is 2. The number of carboxylic acids is 1. The molecule has 3 rings (SSSR count). The van der Waals surface area contributed by atoms with Gasteiger partial charge in [0.1, 0.15) is 0 Å². The van der Waals surface area contributed by atoms with Crippen molar-refractivity contribution in [2.45, 2.75) is 6.42 Å². The summed E-state index contributed by atoms with van der Waals surface area (Å²) in [4.78, 5) is 37.7. The second-order valence-corrected chi connectivity index (χ2v) is 5.71. The van der Waals surface area contributed by atoms with Crippen LogP contribution in [-0.4, -0.2) is 34.4 Å². The van der Waals surface area contributed by atoms with Gasteiger partial charge in [-0.05, 0) is 47.9 Å². The summed E-state index contributed by atoms with van der Waals surface area (Å²) in [7, 11) is 0. The van der Waals surface area contributed by atoms with Crippen LogP contribution in [0, 0.1) is 0 Å². The molecule has 0 fully saturated rings. The molecular formula is C19H17N3O4. The van der Waals surface area contributed by atoms with Crippen LogP contribution in [0.25, 0.3) is 10.9 Å². The van der Waals surface area contributed by atoms with E-state index in [9.17, 15) is 14.4 Å². The highest BCUT2D eigenvalue weighted by atomic mass is 16.4. The standard InChI is InChI=1S/C19H17N3O4/c23-17(24)8-10-21-18(25)13-3-5-15(6-4-13)22-19(26)14-2-1-12-7-9-20-16(12)11-14/h1-7,9,11,20H,8,10H2,(H,21,25)(H,22,26)(H,23,24). The molecule has 0 radical (unpaired) electrons.